The Kier molecular flexibility index (Phi) is 3.76. The summed E-state index contributed by atoms with van der Waals surface area (Å²) in [6.45, 7) is 1.29. The van der Waals surface area contributed by atoms with Crippen LogP contribution >= 0.6 is 0 Å². The molecule has 24 heavy (non-hydrogen) atoms. The summed E-state index contributed by atoms with van der Waals surface area (Å²) >= 11 is 0. The summed E-state index contributed by atoms with van der Waals surface area (Å²) in [6.07, 6.45) is 5.17. The first-order valence-electron chi connectivity index (χ1n) is 6.73. The number of anilines is 1. The number of aromatic nitrogens is 4. The van der Waals surface area contributed by atoms with Gasteiger partial charge in [-0.25, -0.2) is 17.3 Å². The number of amides is 1. The van der Waals surface area contributed by atoms with Gasteiger partial charge in [0.25, 0.3) is 0 Å². The molecule has 124 valence electrons. The predicted molar refractivity (Wildman–Crippen MR) is 83.6 cm³/mol. The molecule has 3 rings (SSSR count). The van der Waals surface area contributed by atoms with Crippen molar-refractivity contribution < 1.29 is 17.6 Å². The van der Waals surface area contributed by atoms with E-state index in [1.54, 1.807) is 0 Å². The summed E-state index contributed by atoms with van der Waals surface area (Å²) < 4.78 is 38.7. The average Bonchev–Trinajstić information content (AvgIpc) is 2.88. The number of pyridine rings is 2. The predicted octanol–water partition coefficient (Wildman–Crippen LogP) is 1.29. The molecule has 0 atom stereocenters. The molecule has 3 aromatic rings. The third-order valence-electron chi connectivity index (χ3n) is 3.15. The lowest BCUT2D eigenvalue weighted by Crippen LogP contribution is -2.07. The van der Waals surface area contributed by atoms with E-state index in [0.717, 1.165) is 6.26 Å². The van der Waals surface area contributed by atoms with Crippen LogP contribution in [-0.2, 0) is 14.6 Å². The van der Waals surface area contributed by atoms with Crippen LogP contribution < -0.4 is 5.32 Å². The molecular formula is C14H12FN5O3S. The zero-order chi connectivity index (χ0) is 17.5. The maximum Gasteiger partial charge on any atom is 0.249 e. The van der Waals surface area contributed by atoms with E-state index in [2.05, 4.69) is 20.4 Å². The van der Waals surface area contributed by atoms with Crippen LogP contribution in [0.4, 0.5) is 10.3 Å². The Bertz CT molecular complexity index is 1060. The minimum atomic E-state index is -3.43. The van der Waals surface area contributed by atoms with Crippen molar-refractivity contribution in [3.05, 3.63) is 36.5 Å². The molecule has 3 heterocycles. The second kappa shape index (κ2) is 5.64. The molecule has 0 bridgehead atoms. The molecule has 8 nitrogen and oxygen atoms in total. The van der Waals surface area contributed by atoms with Gasteiger partial charge in [0.1, 0.15) is 0 Å². The quantitative estimate of drug-likeness (QED) is 0.764. The molecule has 0 spiro atoms. The van der Waals surface area contributed by atoms with Gasteiger partial charge >= 0.3 is 0 Å². The Labute approximate surface area is 136 Å². The second-order valence-corrected chi connectivity index (χ2v) is 7.16. The first kappa shape index (κ1) is 16.0. The minimum absolute atomic E-state index is 0.0260. The molecule has 1 N–H and O–H groups in total. The number of rotatable bonds is 3. The van der Waals surface area contributed by atoms with Crippen LogP contribution in [0.25, 0.3) is 16.8 Å². The number of carbonyl (C=O) groups is 1. The van der Waals surface area contributed by atoms with Gasteiger partial charge in [-0.1, -0.05) is 0 Å². The van der Waals surface area contributed by atoms with E-state index in [-0.39, 0.29) is 22.4 Å². The van der Waals surface area contributed by atoms with Crippen molar-refractivity contribution in [2.45, 2.75) is 11.8 Å². The summed E-state index contributed by atoms with van der Waals surface area (Å²) in [5.74, 6) is -1.07. The summed E-state index contributed by atoms with van der Waals surface area (Å²) in [4.78, 5) is 18.8. The smallest absolute Gasteiger partial charge is 0.249 e. The molecule has 0 aromatic carbocycles. The Morgan fingerprint density at radius 2 is 2.00 bits per heavy atom. The number of hydrogen-bond acceptors (Lipinski definition) is 6. The zero-order valence-corrected chi connectivity index (χ0v) is 13.5. The van der Waals surface area contributed by atoms with Crippen molar-refractivity contribution in [1.29, 1.82) is 0 Å². The van der Waals surface area contributed by atoms with Crippen molar-refractivity contribution in [1.82, 2.24) is 19.6 Å². The first-order valence-corrected chi connectivity index (χ1v) is 8.62. The van der Waals surface area contributed by atoms with Crippen molar-refractivity contribution in [2.24, 2.45) is 0 Å². The highest BCUT2D eigenvalue weighted by Crippen LogP contribution is 2.24. The van der Waals surface area contributed by atoms with E-state index in [4.69, 9.17) is 0 Å². The highest BCUT2D eigenvalue weighted by molar-refractivity contribution is 7.90. The van der Waals surface area contributed by atoms with Crippen LogP contribution in [0.15, 0.2) is 35.6 Å². The Balaban J connectivity index is 2.12. The van der Waals surface area contributed by atoms with Crippen LogP contribution in [0, 0.1) is 5.82 Å². The molecule has 0 saturated heterocycles. The van der Waals surface area contributed by atoms with Gasteiger partial charge in [0.2, 0.25) is 11.9 Å². The van der Waals surface area contributed by atoms with Gasteiger partial charge < -0.3 is 0 Å². The lowest BCUT2D eigenvalue weighted by molar-refractivity contribution is -0.114. The van der Waals surface area contributed by atoms with Crippen LogP contribution in [0.1, 0.15) is 6.92 Å². The highest BCUT2D eigenvalue weighted by Gasteiger charge is 2.14. The monoisotopic (exact) mass is 349 g/mol. The summed E-state index contributed by atoms with van der Waals surface area (Å²) in [5, 5.41) is 6.34. The van der Waals surface area contributed by atoms with Crippen molar-refractivity contribution in [2.75, 3.05) is 11.6 Å². The standard InChI is InChI=1S/C14H12FN5O3S/c1-8(21)17-14-18-13-12(15)4-10(7-20(13)19-14)9-3-11(6-16-5-9)24(2,22)23/h3-7H,1-2H3,(H,17,19,21). The van der Waals surface area contributed by atoms with Crippen LogP contribution in [0.2, 0.25) is 0 Å². The summed E-state index contributed by atoms with van der Waals surface area (Å²) in [6, 6.07) is 2.60. The SMILES string of the molecule is CC(=O)Nc1nc2c(F)cc(-c3cncc(S(C)(=O)=O)c3)cn2n1. The molecule has 0 unspecified atom stereocenters. The van der Waals surface area contributed by atoms with Crippen LogP contribution in [-0.4, -0.2) is 40.2 Å². The van der Waals surface area contributed by atoms with Gasteiger partial charge in [0.05, 0.1) is 4.90 Å². The maximum absolute atomic E-state index is 14.2. The third kappa shape index (κ3) is 3.08. The first-order chi connectivity index (χ1) is 11.2. The molecule has 0 saturated carbocycles. The summed E-state index contributed by atoms with van der Waals surface area (Å²) in [5.41, 5.74) is 0.724. The van der Waals surface area contributed by atoms with E-state index in [9.17, 15) is 17.6 Å². The lowest BCUT2D eigenvalue weighted by atomic mass is 10.1. The van der Waals surface area contributed by atoms with Gasteiger partial charge in [-0.05, 0) is 12.1 Å². The number of halogens is 1. The van der Waals surface area contributed by atoms with Gasteiger partial charge in [0.15, 0.2) is 21.3 Å². The van der Waals surface area contributed by atoms with Crippen LogP contribution in [0.3, 0.4) is 0 Å². The largest absolute Gasteiger partial charge is 0.293 e. The number of fused-ring (bicyclic) bond motifs is 1. The number of hydrogen-bond donors (Lipinski definition) is 1. The molecule has 0 aliphatic heterocycles. The summed E-state index contributed by atoms with van der Waals surface area (Å²) in [7, 11) is -3.43. The fourth-order valence-electron chi connectivity index (χ4n) is 2.09. The van der Waals surface area contributed by atoms with Crippen molar-refractivity contribution in [3.8, 4) is 11.1 Å². The van der Waals surface area contributed by atoms with Gasteiger partial charge in [0, 0.05) is 42.9 Å². The fourth-order valence-corrected chi connectivity index (χ4v) is 2.69. The minimum Gasteiger partial charge on any atom is -0.293 e. The van der Waals surface area contributed by atoms with Crippen molar-refractivity contribution >= 4 is 27.3 Å². The maximum atomic E-state index is 14.2. The Hall–Kier alpha value is -2.88. The second-order valence-electron chi connectivity index (χ2n) is 5.14. The molecule has 0 radical (unpaired) electrons. The molecule has 1 amide bonds. The average molecular weight is 349 g/mol. The van der Waals surface area contributed by atoms with E-state index in [1.165, 1.54) is 42.2 Å². The van der Waals surface area contributed by atoms with E-state index in [0.29, 0.717) is 11.1 Å². The normalized spacial score (nSPS) is 11.6. The highest BCUT2D eigenvalue weighted by atomic mass is 32.2. The molecular weight excluding hydrogens is 337 g/mol. The Morgan fingerprint density at radius 3 is 2.67 bits per heavy atom. The van der Waals surface area contributed by atoms with E-state index >= 15 is 0 Å². The third-order valence-corrected chi connectivity index (χ3v) is 4.23. The van der Waals surface area contributed by atoms with E-state index in [1.807, 2.05) is 0 Å². The molecule has 3 aromatic heterocycles. The number of carbonyl (C=O) groups excluding carboxylic acids is 1. The molecule has 0 aliphatic carbocycles. The fraction of sp³-hybridized carbons (Fsp3) is 0.143. The number of sulfone groups is 1. The van der Waals surface area contributed by atoms with Gasteiger partial charge in [-0.15, -0.1) is 5.10 Å². The van der Waals surface area contributed by atoms with Gasteiger partial charge in [-0.2, -0.15) is 4.98 Å². The van der Waals surface area contributed by atoms with E-state index < -0.39 is 15.7 Å². The molecule has 0 fully saturated rings. The molecule has 0 aliphatic rings. The van der Waals surface area contributed by atoms with Crippen molar-refractivity contribution in [3.63, 3.8) is 0 Å². The van der Waals surface area contributed by atoms with Crippen LogP contribution in [0.5, 0.6) is 0 Å². The topological polar surface area (TPSA) is 106 Å². The number of nitrogens with one attached hydrogen (secondary N) is 1. The number of nitrogens with zero attached hydrogens (tertiary/aromatic N) is 4. The van der Waals surface area contributed by atoms with Gasteiger partial charge in [-0.3, -0.25) is 15.1 Å². The zero-order valence-electron chi connectivity index (χ0n) is 12.7. The molecule has 10 heteroatoms. The lowest BCUT2D eigenvalue weighted by Gasteiger charge is -2.04. The Morgan fingerprint density at radius 1 is 1.25 bits per heavy atom.